The first kappa shape index (κ1) is 15.8. The largest absolute Gasteiger partial charge is 0.495 e. The molecule has 0 saturated carbocycles. The number of nitrogens with one attached hydrogen (secondary N) is 1. The van der Waals surface area contributed by atoms with Gasteiger partial charge in [0.25, 0.3) is 0 Å². The van der Waals surface area contributed by atoms with E-state index in [1.54, 1.807) is 6.07 Å². The van der Waals surface area contributed by atoms with Crippen LogP contribution in [0, 0.1) is 0 Å². The van der Waals surface area contributed by atoms with Crippen LogP contribution in [0.1, 0.15) is 33.6 Å². The third-order valence-electron chi connectivity index (χ3n) is 2.80. The smallest absolute Gasteiger partial charge is 0.241 e. The van der Waals surface area contributed by atoms with Crippen LogP contribution >= 0.6 is 0 Å². The first-order chi connectivity index (χ1) is 8.72. The molecule has 1 rings (SSSR count). The molecule has 19 heavy (non-hydrogen) atoms. The molecule has 0 bridgehead atoms. The summed E-state index contributed by atoms with van der Waals surface area (Å²) < 4.78 is 32.2. The third kappa shape index (κ3) is 4.11. The summed E-state index contributed by atoms with van der Waals surface area (Å²) in [6, 6.07) is 4.44. The van der Waals surface area contributed by atoms with E-state index >= 15 is 0 Å². The maximum atomic E-state index is 12.3. The van der Waals surface area contributed by atoms with Gasteiger partial charge in [0.15, 0.2) is 0 Å². The Morgan fingerprint density at radius 2 is 2.00 bits per heavy atom. The van der Waals surface area contributed by atoms with Gasteiger partial charge in [-0.1, -0.05) is 13.3 Å². The first-order valence-corrected chi connectivity index (χ1v) is 7.67. The SMILES string of the molecule is CCCC(C)(C)NS(=O)(=O)c1ccc(OC)c(N)c1. The molecule has 0 atom stereocenters. The van der Waals surface area contributed by atoms with Gasteiger partial charge < -0.3 is 10.5 Å². The van der Waals surface area contributed by atoms with E-state index in [1.807, 2.05) is 20.8 Å². The standard InChI is InChI=1S/C13H22N2O3S/c1-5-8-13(2,3)15-19(16,17)10-6-7-12(18-4)11(14)9-10/h6-7,9,15H,5,8,14H2,1-4H3. The molecule has 0 aliphatic heterocycles. The van der Waals surface area contributed by atoms with Crippen molar-refractivity contribution in [3.8, 4) is 5.75 Å². The highest BCUT2D eigenvalue weighted by atomic mass is 32.2. The lowest BCUT2D eigenvalue weighted by atomic mass is 10.0. The minimum absolute atomic E-state index is 0.148. The molecule has 1 aromatic rings. The van der Waals surface area contributed by atoms with Crippen molar-refractivity contribution in [1.29, 1.82) is 0 Å². The number of rotatable bonds is 6. The number of ether oxygens (including phenoxy) is 1. The van der Waals surface area contributed by atoms with Gasteiger partial charge in [0.1, 0.15) is 5.75 Å². The predicted molar refractivity (Wildman–Crippen MR) is 76.7 cm³/mol. The van der Waals surface area contributed by atoms with Crippen LogP contribution in [-0.4, -0.2) is 21.1 Å². The second-order valence-corrected chi connectivity index (χ2v) is 6.83. The fraction of sp³-hybridized carbons (Fsp3) is 0.538. The Labute approximate surface area is 115 Å². The summed E-state index contributed by atoms with van der Waals surface area (Å²) in [5.41, 5.74) is 5.55. The Morgan fingerprint density at radius 1 is 1.37 bits per heavy atom. The number of nitrogen functional groups attached to an aromatic ring is 1. The summed E-state index contributed by atoms with van der Waals surface area (Å²) in [5, 5.41) is 0. The van der Waals surface area contributed by atoms with Crippen molar-refractivity contribution in [3.05, 3.63) is 18.2 Å². The Balaban J connectivity index is 3.04. The fourth-order valence-corrected chi connectivity index (χ4v) is 3.45. The maximum Gasteiger partial charge on any atom is 0.241 e. The summed E-state index contributed by atoms with van der Waals surface area (Å²) >= 11 is 0. The van der Waals surface area contributed by atoms with Crippen molar-refractivity contribution in [3.63, 3.8) is 0 Å². The van der Waals surface area contributed by atoms with Gasteiger partial charge >= 0.3 is 0 Å². The Bertz CT molecular complexity index is 539. The Kier molecular flexibility index (Phi) is 4.81. The van der Waals surface area contributed by atoms with Crippen LogP contribution in [0.4, 0.5) is 5.69 Å². The molecule has 108 valence electrons. The van der Waals surface area contributed by atoms with Gasteiger partial charge in [-0.15, -0.1) is 0 Å². The number of sulfonamides is 1. The van der Waals surface area contributed by atoms with Gasteiger partial charge in [0.2, 0.25) is 10.0 Å². The lowest BCUT2D eigenvalue weighted by Gasteiger charge is -2.25. The first-order valence-electron chi connectivity index (χ1n) is 6.19. The van der Waals surface area contributed by atoms with E-state index in [-0.39, 0.29) is 4.90 Å². The van der Waals surface area contributed by atoms with E-state index in [9.17, 15) is 8.42 Å². The van der Waals surface area contributed by atoms with Gasteiger partial charge in [-0.2, -0.15) is 0 Å². The Morgan fingerprint density at radius 3 is 2.47 bits per heavy atom. The molecule has 0 fully saturated rings. The molecule has 0 saturated heterocycles. The number of nitrogens with two attached hydrogens (primary N) is 1. The minimum Gasteiger partial charge on any atom is -0.495 e. The molecule has 0 heterocycles. The summed E-state index contributed by atoms with van der Waals surface area (Å²) in [7, 11) is -2.08. The monoisotopic (exact) mass is 286 g/mol. The number of methoxy groups -OCH3 is 1. The lowest BCUT2D eigenvalue weighted by Crippen LogP contribution is -2.43. The van der Waals surface area contributed by atoms with Crippen LogP contribution in [0.15, 0.2) is 23.1 Å². The molecule has 0 unspecified atom stereocenters. The third-order valence-corrected chi connectivity index (χ3v) is 4.49. The Hall–Kier alpha value is -1.27. The van der Waals surface area contributed by atoms with E-state index in [4.69, 9.17) is 10.5 Å². The van der Waals surface area contributed by atoms with Crippen LogP contribution < -0.4 is 15.2 Å². The quantitative estimate of drug-likeness (QED) is 0.785. The molecule has 3 N–H and O–H groups in total. The van der Waals surface area contributed by atoms with Crippen molar-refractivity contribution in [2.45, 2.75) is 44.0 Å². The second-order valence-electron chi connectivity index (χ2n) is 5.14. The summed E-state index contributed by atoms with van der Waals surface area (Å²) in [5.74, 6) is 0.465. The molecule has 0 spiro atoms. The average molecular weight is 286 g/mol. The van der Waals surface area contributed by atoms with Gasteiger partial charge in [0, 0.05) is 5.54 Å². The predicted octanol–water partition coefficient (Wildman–Crippen LogP) is 2.13. The van der Waals surface area contributed by atoms with E-state index in [2.05, 4.69) is 4.72 Å². The summed E-state index contributed by atoms with van der Waals surface area (Å²) in [6.07, 6.45) is 1.66. The average Bonchev–Trinajstić information content (AvgIpc) is 2.27. The molecule has 0 amide bonds. The number of hydrogen-bond donors (Lipinski definition) is 2. The number of benzene rings is 1. The van der Waals surface area contributed by atoms with E-state index in [1.165, 1.54) is 19.2 Å². The van der Waals surface area contributed by atoms with Crippen LogP contribution in [-0.2, 0) is 10.0 Å². The number of anilines is 1. The lowest BCUT2D eigenvalue weighted by molar-refractivity contribution is 0.415. The van der Waals surface area contributed by atoms with Crippen LogP contribution in [0.5, 0.6) is 5.75 Å². The molecular formula is C13H22N2O3S. The molecule has 5 nitrogen and oxygen atoms in total. The van der Waals surface area contributed by atoms with Crippen molar-refractivity contribution < 1.29 is 13.2 Å². The molecule has 1 aromatic carbocycles. The molecule has 0 radical (unpaired) electrons. The van der Waals surface area contributed by atoms with Gasteiger partial charge in [-0.3, -0.25) is 0 Å². The molecular weight excluding hydrogens is 264 g/mol. The molecule has 0 aliphatic carbocycles. The molecule has 0 aliphatic rings. The van der Waals surface area contributed by atoms with Crippen molar-refractivity contribution in [2.75, 3.05) is 12.8 Å². The zero-order valence-corrected chi connectivity index (χ0v) is 12.7. The van der Waals surface area contributed by atoms with Gasteiger partial charge in [-0.05, 0) is 38.5 Å². The molecule has 6 heteroatoms. The van der Waals surface area contributed by atoms with Crippen LogP contribution in [0.3, 0.4) is 0 Å². The van der Waals surface area contributed by atoms with Gasteiger partial charge in [-0.25, -0.2) is 13.1 Å². The highest BCUT2D eigenvalue weighted by Gasteiger charge is 2.25. The topological polar surface area (TPSA) is 81.4 Å². The van der Waals surface area contributed by atoms with Crippen LogP contribution in [0.25, 0.3) is 0 Å². The van der Waals surface area contributed by atoms with E-state index in [0.29, 0.717) is 11.4 Å². The summed E-state index contributed by atoms with van der Waals surface area (Å²) in [4.78, 5) is 0.148. The summed E-state index contributed by atoms with van der Waals surface area (Å²) in [6.45, 7) is 5.74. The van der Waals surface area contributed by atoms with Crippen molar-refractivity contribution in [2.24, 2.45) is 0 Å². The van der Waals surface area contributed by atoms with Crippen molar-refractivity contribution in [1.82, 2.24) is 4.72 Å². The van der Waals surface area contributed by atoms with E-state index in [0.717, 1.165) is 12.8 Å². The maximum absolute atomic E-state index is 12.3. The van der Waals surface area contributed by atoms with E-state index < -0.39 is 15.6 Å². The van der Waals surface area contributed by atoms with Crippen molar-refractivity contribution >= 4 is 15.7 Å². The number of hydrogen-bond acceptors (Lipinski definition) is 4. The zero-order chi connectivity index (χ0) is 14.7. The minimum atomic E-state index is -3.57. The normalized spacial score (nSPS) is 12.4. The highest BCUT2D eigenvalue weighted by molar-refractivity contribution is 7.89. The zero-order valence-electron chi connectivity index (χ0n) is 11.9. The molecule has 0 aromatic heterocycles. The second kappa shape index (κ2) is 5.79. The van der Waals surface area contributed by atoms with Crippen LogP contribution in [0.2, 0.25) is 0 Å². The fourth-order valence-electron chi connectivity index (χ4n) is 1.98. The highest BCUT2D eigenvalue weighted by Crippen LogP contribution is 2.25. The van der Waals surface area contributed by atoms with Gasteiger partial charge in [0.05, 0.1) is 17.7 Å².